The van der Waals surface area contributed by atoms with Crippen molar-refractivity contribution in [3.05, 3.63) is 46.6 Å². The highest BCUT2D eigenvalue weighted by molar-refractivity contribution is 8.07. The Kier molecular flexibility index (Phi) is 5.85. The zero-order chi connectivity index (χ0) is 16.1. The summed E-state index contributed by atoms with van der Waals surface area (Å²) in [7, 11) is 2.09. The van der Waals surface area contributed by atoms with E-state index in [9.17, 15) is 4.79 Å². The predicted molar refractivity (Wildman–Crippen MR) is 94.9 cm³/mol. The second-order valence-corrected chi connectivity index (χ2v) is 6.39. The van der Waals surface area contributed by atoms with Crippen LogP contribution < -0.4 is 0 Å². The molecule has 2 rings (SSSR count). The van der Waals surface area contributed by atoms with E-state index >= 15 is 0 Å². The average Bonchev–Trinajstić information content (AvgIpc) is 2.81. The van der Waals surface area contributed by atoms with E-state index in [1.54, 1.807) is 11.8 Å². The molecular formula is C16H20N2O2S2. The van der Waals surface area contributed by atoms with Gasteiger partial charge in [0.2, 0.25) is 5.91 Å². The average molecular weight is 336 g/mol. The molecule has 6 heteroatoms. The van der Waals surface area contributed by atoms with Crippen LogP contribution in [0.4, 0.5) is 0 Å². The Labute approximate surface area is 141 Å². The van der Waals surface area contributed by atoms with Crippen molar-refractivity contribution in [3.8, 4) is 0 Å². The van der Waals surface area contributed by atoms with Gasteiger partial charge >= 0.3 is 0 Å². The number of amides is 1. The second kappa shape index (κ2) is 7.65. The van der Waals surface area contributed by atoms with Gasteiger partial charge in [0.1, 0.15) is 0 Å². The number of hydrogen-bond acceptors (Lipinski definition) is 5. The molecule has 1 saturated heterocycles. The molecular weight excluding hydrogens is 316 g/mol. The summed E-state index contributed by atoms with van der Waals surface area (Å²) in [5.41, 5.74) is 0. The van der Waals surface area contributed by atoms with E-state index in [2.05, 4.69) is 30.2 Å². The Balaban J connectivity index is 1.92. The van der Waals surface area contributed by atoms with Gasteiger partial charge in [0.25, 0.3) is 5.17 Å². The molecule has 1 fully saturated rings. The molecule has 0 N–H and O–H groups in total. The smallest absolute Gasteiger partial charge is 0.271 e. The number of hydrogen-bond donors (Lipinski definition) is 0. The van der Waals surface area contributed by atoms with Crippen LogP contribution in [0, 0.1) is 0 Å². The quantitative estimate of drug-likeness (QED) is 0.583. The number of thioether (sulfide) groups is 1. The van der Waals surface area contributed by atoms with Crippen molar-refractivity contribution in [3.63, 3.8) is 0 Å². The van der Waals surface area contributed by atoms with Crippen LogP contribution in [0.25, 0.3) is 0 Å². The number of allylic oxidation sites excluding steroid dienone is 4. The van der Waals surface area contributed by atoms with Crippen molar-refractivity contribution in [2.75, 3.05) is 13.6 Å². The normalized spacial score (nSPS) is 22.0. The van der Waals surface area contributed by atoms with Gasteiger partial charge in [0.05, 0.1) is 17.3 Å². The number of carbonyl (C=O) groups excluding carboxylic acids is 1. The summed E-state index contributed by atoms with van der Waals surface area (Å²) in [6.45, 7) is 3.83. The fourth-order valence-electron chi connectivity index (χ4n) is 2.31. The van der Waals surface area contributed by atoms with Gasteiger partial charge in [-0.3, -0.25) is 9.69 Å². The lowest BCUT2D eigenvalue weighted by atomic mass is 10.1. The SMILES string of the molecule is CCN(C(C)=O)C(=S)OC=CC=C1SC2=CC=CCC2N1C. The third kappa shape index (κ3) is 3.81. The first-order chi connectivity index (χ1) is 10.5. The molecule has 4 nitrogen and oxygen atoms in total. The van der Waals surface area contributed by atoms with Crippen molar-refractivity contribution in [1.82, 2.24) is 9.80 Å². The summed E-state index contributed by atoms with van der Waals surface area (Å²) >= 11 is 6.85. The number of carbonyl (C=O) groups is 1. The largest absolute Gasteiger partial charge is 0.439 e. The minimum Gasteiger partial charge on any atom is -0.439 e. The Morgan fingerprint density at radius 1 is 1.64 bits per heavy atom. The number of thiocarbonyl (C=S) groups is 1. The molecule has 1 unspecified atom stereocenters. The lowest BCUT2D eigenvalue weighted by Gasteiger charge is -2.21. The summed E-state index contributed by atoms with van der Waals surface area (Å²) in [5, 5.41) is 1.35. The van der Waals surface area contributed by atoms with Gasteiger partial charge in [-0.2, -0.15) is 0 Å². The molecule has 1 atom stereocenters. The van der Waals surface area contributed by atoms with E-state index in [4.69, 9.17) is 17.0 Å². The molecule has 1 heterocycles. The van der Waals surface area contributed by atoms with Crippen molar-refractivity contribution in [2.24, 2.45) is 0 Å². The highest BCUT2D eigenvalue weighted by atomic mass is 32.2. The van der Waals surface area contributed by atoms with Gasteiger partial charge in [-0.15, -0.1) is 0 Å². The van der Waals surface area contributed by atoms with Crippen LogP contribution >= 0.6 is 24.0 Å². The van der Waals surface area contributed by atoms with Gasteiger partial charge in [-0.1, -0.05) is 30.0 Å². The molecule has 2 aliphatic rings. The molecule has 1 aliphatic heterocycles. The van der Waals surface area contributed by atoms with Crippen LogP contribution in [0.1, 0.15) is 20.3 Å². The molecule has 0 saturated carbocycles. The second-order valence-electron chi connectivity index (χ2n) is 4.94. The number of nitrogens with zero attached hydrogens (tertiary/aromatic N) is 2. The van der Waals surface area contributed by atoms with Crippen LogP contribution in [0.5, 0.6) is 0 Å². The highest BCUT2D eigenvalue weighted by Gasteiger charge is 2.30. The summed E-state index contributed by atoms with van der Waals surface area (Å²) in [5.74, 6) is -0.117. The Morgan fingerprint density at radius 2 is 2.41 bits per heavy atom. The maximum atomic E-state index is 11.3. The van der Waals surface area contributed by atoms with E-state index < -0.39 is 0 Å². The molecule has 0 spiro atoms. The Hall–Kier alpha value is -1.53. The van der Waals surface area contributed by atoms with Crippen molar-refractivity contribution in [2.45, 2.75) is 26.3 Å². The number of fused-ring (bicyclic) bond motifs is 1. The van der Waals surface area contributed by atoms with Crippen LogP contribution in [-0.4, -0.2) is 40.5 Å². The van der Waals surface area contributed by atoms with Crippen LogP contribution in [0.3, 0.4) is 0 Å². The topological polar surface area (TPSA) is 32.8 Å². The molecule has 0 aromatic carbocycles. The number of ether oxygens (including phenoxy) is 1. The summed E-state index contributed by atoms with van der Waals surface area (Å²) in [6, 6.07) is 0.449. The van der Waals surface area contributed by atoms with Crippen LogP contribution in [-0.2, 0) is 9.53 Å². The van der Waals surface area contributed by atoms with Crippen molar-refractivity contribution < 1.29 is 9.53 Å². The van der Waals surface area contributed by atoms with E-state index in [0.717, 1.165) is 6.42 Å². The van der Waals surface area contributed by atoms with Gasteiger partial charge in [-0.05, 0) is 37.7 Å². The minimum absolute atomic E-state index is 0.117. The lowest BCUT2D eigenvalue weighted by Crippen LogP contribution is -2.34. The number of likely N-dealkylation sites (N-methyl/N-ethyl adjacent to an activating group) is 1. The Bertz CT molecular complexity index is 579. The standard InChI is InChI=1S/C16H20N2O2S2/c1-4-18(12(2)19)16(21)20-11-7-10-15-17(3)13-8-5-6-9-14(13)22-15/h5-7,9-11,13H,4,8H2,1-3H3. The molecule has 0 radical (unpaired) electrons. The minimum atomic E-state index is -0.117. The molecule has 0 aromatic heterocycles. The zero-order valence-corrected chi connectivity index (χ0v) is 14.6. The molecule has 118 valence electrons. The van der Waals surface area contributed by atoms with E-state index in [-0.39, 0.29) is 11.1 Å². The first-order valence-corrected chi connectivity index (χ1v) is 8.40. The molecule has 1 aliphatic carbocycles. The predicted octanol–water partition coefficient (Wildman–Crippen LogP) is 3.40. The van der Waals surface area contributed by atoms with Gasteiger partial charge in [-0.25, -0.2) is 0 Å². The van der Waals surface area contributed by atoms with Gasteiger partial charge < -0.3 is 9.64 Å². The van der Waals surface area contributed by atoms with Gasteiger partial charge in [0, 0.05) is 25.4 Å². The van der Waals surface area contributed by atoms with E-state index in [1.807, 2.05) is 19.1 Å². The van der Waals surface area contributed by atoms with E-state index in [0.29, 0.717) is 12.6 Å². The monoisotopic (exact) mass is 336 g/mol. The fourth-order valence-corrected chi connectivity index (χ4v) is 3.82. The lowest BCUT2D eigenvalue weighted by molar-refractivity contribution is -0.125. The summed E-state index contributed by atoms with van der Waals surface area (Å²) in [4.78, 5) is 16.4. The third-order valence-corrected chi connectivity index (χ3v) is 5.12. The highest BCUT2D eigenvalue weighted by Crippen LogP contribution is 2.43. The van der Waals surface area contributed by atoms with Crippen molar-refractivity contribution >= 4 is 35.1 Å². The summed E-state index contributed by atoms with van der Waals surface area (Å²) in [6.07, 6.45) is 12.8. The first kappa shape index (κ1) is 16.8. The fraction of sp³-hybridized carbons (Fsp3) is 0.375. The Morgan fingerprint density at radius 3 is 3.05 bits per heavy atom. The molecule has 0 aromatic rings. The zero-order valence-electron chi connectivity index (χ0n) is 13.0. The third-order valence-electron chi connectivity index (χ3n) is 3.52. The molecule has 22 heavy (non-hydrogen) atoms. The summed E-state index contributed by atoms with van der Waals surface area (Å²) < 4.78 is 5.33. The van der Waals surface area contributed by atoms with Gasteiger partial charge in [0.15, 0.2) is 0 Å². The molecule has 0 bridgehead atoms. The van der Waals surface area contributed by atoms with Crippen molar-refractivity contribution in [1.29, 1.82) is 0 Å². The van der Waals surface area contributed by atoms with Crippen LogP contribution in [0.15, 0.2) is 46.6 Å². The maximum absolute atomic E-state index is 11.3. The maximum Gasteiger partial charge on any atom is 0.271 e. The van der Waals surface area contributed by atoms with Crippen LogP contribution in [0.2, 0.25) is 0 Å². The molecule has 1 amide bonds. The number of rotatable bonds is 3. The van der Waals surface area contributed by atoms with E-state index in [1.165, 1.54) is 28.0 Å². The first-order valence-electron chi connectivity index (χ1n) is 7.17.